The Hall–Kier alpha value is -2.13. The molecular formula is C12H18N4O5. The number of nitrogens with zero attached hydrogens (tertiary/aromatic N) is 3. The Morgan fingerprint density at radius 2 is 2.00 bits per heavy atom. The van der Waals surface area contributed by atoms with Gasteiger partial charge in [0, 0.05) is 20.4 Å². The summed E-state index contributed by atoms with van der Waals surface area (Å²) in [7, 11) is 3.15. The highest BCUT2D eigenvalue weighted by atomic mass is 16.5. The molecule has 1 aliphatic rings. The minimum absolute atomic E-state index is 0.157. The number of aliphatic carboxylic acids is 1. The van der Waals surface area contributed by atoms with Gasteiger partial charge in [-0.05, 0) is 0 Å². The van der Waals surface area contributed by atoms with E-state index >= 15 is 0 Å². The fourth-order valence-electron chi connectivity index (χ4n) is 2.22. The van der Waals surface area contributed by atoms with Gasteiger partial charge in [-0.25, -0.2) is 4.79 Å². The molecule has 1 fully saturated rings. The molecule has 0 saturated carbocycles. The first-order valence-corrected chi connectivity index (χ1v) is 6.39. The summed E-state index contributed by atoms with van der Waals surface area (Å²) >= 11 is 0. The van der Waals surface area contributed by atoms with E-state index in [0.29, 0.717) is 18.8 Å². The zero-order valence-electron chi connectivity index (χ0n) is 11.9. The Morgan fingerprint density at radius 3 is 2.52 bits per heavy atom. The van der Waals surface area contributed by atoms with Crippen LogP contribution in [0.25, 0.3) is 0 Å². The van der Waals surface area contributed by atoms with Crippen LogP contribution in [0.5, 0.6) is 0 Å². The summed E-state index contributed by atoms with van der Waals surface area (Å²) in [5, 5.41) is 15.2. The van der Waals surface area contributed by atoms with E-state index in [9.17, 15) is 9.59 Å². The van der Waals surface area contributed by atoms with Crippen molar-refractivity contribution in [1.29, 1.82) is 0 Å². The molecule has 1 aliphatic heterocycles. The molecule has 0 spiro atoms. The number of anilines is 1. The van der Waals surface area contributed by atoms with E-state index in [-0.39, 0.29) is 24.8 Å². The lowest BCUT2D eigenvalue weighted by atomic mass is 10.3. The Morgan fingerprint density at radius 1 is 1.38 bits per heavy atom. The molecule has 0 bridgehead atoms. The van der Waals surface area contributed by atoms with Crippen LogP contribution >= 0.6 is 0 Å². The predicted octanol–water partition coefficient (Wildman–Crippen LogP) is -0.155. The molecule has 2 rings (SSSR count). The lowest BCUT2D eigenvalue weighted by Crippen LogP contribution is -2.34. The quantitative estimate of drug-likeness (QED) is 0.783. The Kier molecular flexibility index (Phi) is 4.76. The van der Waals surface area contributed by atoms with Gasteiger partial charge >= 0.3 is 12.0 Å². The third kappa shape index (κ3) is 3.70. The monoisotopic (exact) mass is 298 g/mol. The van der Waals surface area contributed by atoms with Gasteiger partial charge in [-0.3, -0.25) is 9.48 Å². The first-order chi connectivity index (χ1) is 10.0. The van der Waals surface area contributed by atoms with Crippen LogP contribution in [-0.2, 0) is 20.8 Å². The lowest BCUT2D eigenvalue weighted by molar-refractivity contribution is -0.137. The maximum Gasteiger partial charge on any atom is 0.325 e. The van der Waals surface area contributed by atoms with Gasteiger partial charge in [-0.2, -0.15) is 5.10 Å². The smallest absolute Gasteiger partial charge is 0.325 e. The second-order valence-electron chi connectivity index (χ2n) is 4.70. The van der Waals surface area contributed by atoms with Crippen molar-refractivity contribution in [3.63, 3.8) is 0 Å². The van der Waals surface area contributed by atoms with Gasteiger partial charge in [-0.15, -0.1) is 0 Å². The maximum atomic E-state index is 12.1. The summed E-state index contributed by atoms with van der Waals surface area (Å²) < 4.78 is 11.8. The summed E-state index contributed by atoms with van der Waals surface area (Å²) in [5.74, 6) is -0.999. The van der Waals surface area contributed by atoms with Crippen LogP contribution < -0.4 is 5.32 Å². The minimum Gasteiger partial charge on any atom is -0.480 e. The van der Waals surface area contributed by atoms with Crippen LogP contribution in [0.4, 0.5) is 10.5 Å². The van der Waals surface area contributed by atoms with Crippen LogP contribution in [0.2, 0.25) is 0 Å². The van der Waals surface area contributed by atoms with Gasteiger partial charge in [-0.1, -0.05) is 0 Å². The summed E-state index contributed by atoms with van der Waals surface area (Å²) in [6, 6.07) is -0.300. The Bertz CT molecular complexity index is 506. The van der Waals surface area contributed by atoms with E-state index in [2.05, 4.69) is 10.4 Å². The first kappa shape index (κ1) is 15.3. The van der Waals surface area contributed by atoms with E-state index in [0.717, 1.165) is 0 Å². The summed E-state index contributed by atoms with van der Waals surface area (Å²) in [4.78, 5) is 24.3. The largest absolute Gasteiger partial charge is 0.480 e. The lowest BCUT2D eigenvalue weighted by Gasteiger charge is -2.15. The number of hydrogen-bond donors (Lipinski definition) is 2. The molecule has 0 aliphatic carbocycles. The molecule has 2 unspecified atom stereocenters. The summed E-state index contributed by atoms with van der Waals surface area (Å²) in [5.41, 5.74) is 0.441. The molecule has 1 aromatic rings. The van der Waals surface area contributed by atoms with Crippen molar-refractivity contribution in [3.8, 4) is 0 Å². The van der Waals surface area contributed by atoms with Crippen LogP contribution in [-0.4, -0.2) is 71.3 Å². The zero-order chi connectivity index (χ0) is 15.4. The van der Waals surface area contributed by atoms with Crippen molar-refractivity contribution < 1.29 is 24.2 Å². The number of aromatic nitrogens is 2. The van der Waals surface area contributed by atoms with Gasteiger partial charge in [0.15, 0.2) is 0 Å². The van der Waals surface area contributed by atoms with Crippen molar-refractivity contribution in [2.45, 2.75) is 18.8 Å². The third-order valence-electron chi connectivity index (χ3n) is 3.29. The highest BCUT2D eigenvalue weighted by Crippen LogP contribution is 2.17. The van der Waals surface area contributed by atoms with Gasteiger partial charge in [0.1, 0.15) is 18.8 Å². The number of hydrogen-bond acceptors (Lipinski definition) is 5. The molecule has 116 valence electrons. The number of rotatable bonds is 5. The molecule has 2 amide bonds. The van der Waals surface area contributed by atoms with E-state index in [4.69, 9.17) is 14.6 Å². The number of carboxylic acids is 1. The average molecular weight is 298 g/mol. The number of urea groups is 1. The molecule has 9 heteroatoms. The van der Waals surface area contributed by atoms with Gasteiger partial charge in [0.2, 0.25) is 0 Å². The molecule has 9 nitrogen and oxygen atoms in total. The topological polar surface area (TPSA) is 106 Å². The van der Waals surface area contributed by atoms with E-state index in [1.54, 1.807) is 19.1 Å². The van der Waals surface area contributed by atoms with Gasteiger partial charge in [0.25, 0.3) is 0 Å². The highest BCUT2D eigenvalue weighted by molar-refractivity contribution is 5.89. The minimum atomic E-state index is -0.999. The highest BCUT2D eigenvalue weighted by Gasteiger charge is 2.35. The molecule has 2 atom stereocenters. The van der Waals surface area contributed by atoms with Crippen LogP contribution in [0.1, 0.15) is 0 Å². The number of methoxy groups -OCH3 is 2. The standard InChI is InChI=1S/C12H18N4O5/c1-20-9-5-15(6-10(9)21-2)12(19)14-8-3-13-16(4-8)7-11(17)18/h3-4,9-10H,5-7H2,1-2H3,(H,14,19)(H,17,18). The molecule has 0 radical (unpaired) electrons. The molecule has 2 N–H and O–H groups in total. The Labute approximate surface area is 121 Å². The molecule has 0 aromatic carbocycles. The number of carbonyl (C=O) groups is 2. The molecular weight excluding hydrogens is 280 g/mol. The van der Waals surface area contributed by atoms with Crippen molar-refractivity contribution in [3.05, 3.63) is 12.4 Å². The second-order valence-corrected chi connectivity index (χ2v) is 4.70. The second kappa shape index (κ2) is 6.55. The Balaban J connectivity index is 1.92. The van der Waals surface area contributed by atoms with Crippen LogP contribution in [0.15, 0.2) is 12.4 Å². The van der Waals surface area contributed by atoms with E-state index < -0.39 is 5.97 Å². The summed E-state index contributed by atoms with van der Waals surface area (Å²) in [6.07, 6.45) is 2.55. The summed E-state index contributed by atoms with van der Waals surface area (Å²) in [6.45, 7) is 0.616. The average Bonchev–Trinajstić information content (AvgIpc) is 3.04. The van der Waals surface area contributed by atoms with Gasteiger partial charge in [0.05, 0.1) is 25.0 Å². The fraction of sp³-hybridized carbons (Fsp3) is 0.583. The molecule has 2 heterocycles. The van der Waals surface area contributed by atoms with Crippen LogP contribution in [0, 0.1) is 0 Å². The molecule has 1 saturated heterocycles. The number of carboxylic acid groups (broad SMARTS) is 1. The van der Waals surface area contributed by atoms with Crippen molar-refractivity contribution in [2.24, 2.45) is 0 Å². The maximum absolute atomic E-state index is 12.1. The predicted molar refractivity (Wildman–Crippen MR) is 72.0 cm³/mol. The van der Waals surface area contributed by atoms with Crippen molar-refractivity contribution >= 4 is 17.7 Å². The zero-order valence-corrected chi connectivity index (χ0v) is 11.9. The van der Waals surface area contributed by atoms with Gasteiger partial charge < -0.3 is 24.8 Å². The number of ether oxygens (including phenoxy) is 2. The number of likely N-dealkylation sites (tertiary alicyclic amines) is 1. The van der Waals surface area contributed by atoms with E-state index in [1.165, 1.54) is 17.1 Å². The fourth-order valence-corrected chi connectivity index (χ4v) is 2.22. The van der Waals surface area contributed by atoms with Crippen molar-refractivity contribution in [1.82, 2.24) is 14.7 Å². The third-order valence-corrected chi connectivity index (χ3v) is 3.29. The number of nitrogens with one attached hydrogen (secondary N) is 1. The van der Waals surface area contributed by atoms with Crippen LogP contribution in [0.3, 0.4) is 0 Å². The molecule has 21 heavy (non-hydrogen) atoms. The normalized spacial score (nSPS) is 21.5. The number of amides is 2. The molecule has 1 aromatic heterocycles. The SMILES string of the molecule is COC1CN(C(=O)Nc2cnn(CC(=O)O)c2)CC1OC. The number of carbonyl (C=O) groups excluding carboxylic acids is 1. The van der Waals surface area contributed by atoms with Crippen molar-refractivity contribution in [2.75, 3.05) is 32.6 Å². The first-order valence-electron chi connectivity index (χ1n) is 6.39. The van der Waals surface area contributed by atoms with E-state index in [1.807, 2.05) is 0 Å².